The van der Waals surface area contributed by atoms with E-state index in [2.05, 4.69) is 0 Å². The highest BCUT2D eigenvalue weighted by Crippen LogP contribution is 2.45. The van der Waals surface area contributed by atoms with Crippen molar-refractivity contribution >= 4 is 23.2 Å². The van der Waals surface area contributed by atoms with Crippen LogP contribution in [0.25, 0.3) is 0 Å². The highest BCUT2D eigenvalue weighted by molar-refractivity contribution is 6.34. The molecular formula is C9H8Cl2O. The van der Waals surface area contributed by atoms with Crippen LogP contribution in [0.3, 0.4) is 0 Å². The zero-order valence-corrected chi connectivity index (χ0v) is 7.86. The van der Waals surface area contributed by atoms with Crippen LogP contribution in [0.4, 0.5) is 0 Å². The van der Waals surface area contributed by atoms with E-state index in [1.54, 1.807) is 6.07 Å². The topological polar surface area (TPSA) is 20.2 Å². The summed E-state index contributed by atoms with van der Waals surface area (Å²) in [6, 6.07) is 3.27. The Hall–Kier alpha value is -0.400. The summed E-state index contributed by atoms with van der Waals surface area (Å²) < 4.78 is 0. The summed E-state index contributed by atoms with van der Waals surface area (Å²) in [5.41, 5.74) is 1.07. The van der Waals surface area contributed by atoms with E-state index in [0.29, 0.717) is 16.0 Å². The minimum absolute atomic E-state index is 0.0612. The zero-order chi connectivity index (χ0) is 8.72. The Kier molecular flexibility index (Phi) is 1.93. The summed E-state index contributed by atoms with van der Waals surface area (Å²) in [5, 5.41) is 10.2. The lowest BCUT2D eigenvalue weighted by atomic mass is 10.1. The molecule has 1 aliphatic carbocycles. The van der Waals surface area contributed by atoms with Crippen LogP contribution in [0.15, 0.2) is 12.1 Å². The molecule has 0 saturated heterocycles. The zero-order valence-electron chi connectivity index (χ0n) is 6.35. The van der Waals surface area contributed by atoms with Crippen molar-refractivity contribution in [3.63, 3.8) is 0 Å². The summed E-state index contributed by atoms with van der Waals surface area (Å²) in [6.07, 6.45) is 2.36. The molecule has 0 aliphatic heterocycles. The molecule has 0 atom stereocenters. The minimum Gasteiger partial charge on any atom is -0.506 e. The summed E-state index contributed by atoms with van der Waals surface area (Å²) in [5.74, 6) is 0.627. The van der Waals surface area contributed by atoms with Gasteiger partial charge in [0.25, 0.3) is 0 Å². The Balaban J connectivity index is 2.47. The first kappa shape index (κ1) is 8.21. The van der Waals surface area contributed by atoms with Gasteiger partial charge in [-0.05, 0) is 30.4 Å². The first-order valence-electron chi connectivity index (χ1n) is 3.86. The highest BCUT2D eigenvalue weighted by atomic mass is 35.5. The van der Waals surface area contributed by atoms with E-state index in [9.17, 15) is 5.11 Å². The smallest absolute Gasteiger partial charge is 0.135 e. The Morgan fingerprint density at radius 2 is 1.83 bits per heavy atom. The predicted molar refractivity (Wildman–Crippen MR) is 50.1 cm³/mol. The van der Waals surface area contributed by atoms with Crippen LogP contribution in [0.5, 0.6) is 5.75 Å². The number of hydrogen-bond donors (Lipinski definition) is 1. The molecule has 1 aliphatic rings. The highest BCUT2D eigenvalue weighted by Gasteiger charge is 2.26. The second-order valence-corrected chi connectivity index (χ2v) is 3.91. The van der Waals surface area contributed by atoms with Gasteiger partial charge < -0.3 is 5.11 Å². The fraction of sp³-hybridized carbons (Fsp3) is 0.333. The quantitative estimate of drug-likeness (QED) is 0.739. The van der Waals surface area contributed by atoms with E-state index < -0.39 is 0 Å². The van der Waals surface area contributed by atoms with Crippen LogP contribution in [0.1, 0.15) is 24.3 Å². The van der Waals surface area contributed by atoms with Crippen molar-refractivity contribution in [2.24, 2.45) is 0 Å². The van der Waals surface area contributed by atoms with E-state index in [-0.39, 0.29) is 5.75 Å². The largest absolute Gasteiger partial charge is 0.506 e. The Morgan fingerprint density at radius 3 is 2.42 bits per heavy atom. The van der Waals surface area contributed by atoms with Crippen molar-refractivity contribution in [3.05, 3.63) is 27.7 Å². The van der Waals surface area contributed by atoms with Crippen LogP contribution in [0.2, 0.25) is 10.0 Å². The lowest BCUT2D eigenvalue weighted by Crippen LogP contribution is -1.81. The maximum Gasteiger partial charge on any atom is 0.135 e. The SMILES string of the molecule is Oc1cc(Cl)c(C2CC2)cc1Cl. The first-order chi connectivity index (χ1) is 5.68. The molecule has 0 bridgehead atoms. The van der Waals surface area contributed by atoms with Gasteiger partial charge in [-0.1, -0.05) is 23.2 Å². The van der Waals surface area contributed by atoms with Crippen molar-refractivity contribution in [1.29, 1.82) is 0 Å². The number of rotatable bonds is 1. The molecule has 2 rings (SSSR count). The molecule has 0 amide bonds. The second kappa shape index (κ2) is 2.82. The summed E-state index contributed by atoms with van der Waals surface area (Å²) in [7, 11) is 0. The van der Waals surface area contributed by atoms with E-state index in [4.69, 9.17) is 23.2 Å². The third-order valence-corrected chi connectivity index (χ3v) is 2.71. The van der Waals surface area contributed by atoms with E-state index in [1.165, 1.54) is 18.9 Å². The number of hydrogen-bond acceptors (Lipinski definition) is 1. The van der Waals surface area contributed by atoms with Crippen molar-refractivity contribution in [1.82, 2.24) is 0 Å². The van der Waals surface area contributed by atoms with Gasteiger partial charge in [-0.15, -0.1) is 0 Å². The van der Waals surface area contributed by atoms with Crippen LogP contribution in [-0.4, -0.2) is 5.11 Å². The van der Waals surface area contributed by atoms with Gasteiger partial charge in [0, 0.05) is 11.1 Å². The Morgan fingerprint density at radius 1 is 1.17 bits per heavy atom. The first-order valence-corrected chi connectivity index (χ1v) is 4.62. The molecule has 1 aromatic rings. The number of halogens is 2. The van der Waals surface area contributed by atoms with Gasteiger partial charge >= 0.3 is 0 Å². The van der Waals surface area contributed by atoms with Crippen LogP contribution in [0, 0.1) is 0 Å². The van der Waals surface area contributed by atoms with Crippen LogP contribution >= 0.6 is 23.2 Å². The summed E-state index contributed by atoms with van der Waals surface area (Å²) in [6.45, 7) is 0. The molecule has 64 valence electrons. The molecule has 1 aromatic carbocycles. The molecule has 0 spiro atoms. The van der Waals surface area contributed by atoms with Crippen molar-refractivity contribution < 1.29 is 5.11 Å². The molecule has 1 fully saturated rings. The third kappa shape index (κ3) is 1.39. The van der Waals surface area contributed by atoms with Gasteiger partial charge in [0.05, 0.1) is 5.02 Å². The number of phenolic OH excluding ortho intramolecular Hbond substituents is 1. The number of phenols is 1. The van der Waals surface area contributed by atoms with E-state index >= 15 is 0 Å². The maximum absolute atomic E-state index is 9.21. The monoisotopic (exact) mass is 202 g/mol. The molecule has 3 heteroatoms. The van der Waals surface area contributed by atoms with Crippen LogP contribution in [-0.2, 0) is 0 Å². The molecule has 1 nitrogen and oxygen atoms in total. The van der Waals surface area contributed by atoms with Gasteiger partial charge in [-0.3, -0.25) is 0 Å². The lowest BCUT2D eigenvalue weighted by molar-refractivity contribution is 0.475. The van der Waals surface area contributed by atoms with Crippen molar-refractivity contribution in [3.8, 4) is 5.75 Å². The molecule has 1 saturated carbocycles. The predicted octanol–water partition coefficient (Wildman–Crippen LogP) is 3.58. The number of aromatic hydroxyl groups is 1. The molecular weight excluding hydrogens is 195 g/mol. The summed E-state index contributed by atoms with van der Waals surface area (Å²) in [4.78, 5) is 0. The fourth-order valence-corrected chi connectivity index (χ4v) is 1.74. The van der Waals surface area contributed by atoms with E-state index in [1.807, 2.05) is 0 Å². The van der Waals surface area contributed by atoms with Gasteiger partial charge in [0.15, 0.2) is 0 Å². The Bertz CT molecular complexity index is 319. The summed E-state index contributed by atoms with van der Waals surface area (Å²) >= 11 is 11.7. The standard InChI is InChI=1S/C9H8Cl2O/c10-7-4-9(12)8(11)3-6(7)5-1-2-5/h3-5,12H,1-2H2. The normalized spacial score (nSPS) is 16.5. The third-order valence-electron chi connectivity index (χ3n) is 2.08. The van der Waals surface area contributed by atoms with Gasteiger partial charge in [0.2, 0.25) is 0 Å². The molecule has 0 heterocycles. The van der Waals surface area contributed by atoms with Gasteiger partial charge in [-0.2, -0.15) is 0 Å². The van der Waals surface area contributed by atoms with Crippen molar-refractivity contribution in [2.45, 2.75) is 18.8 Å². The average molecular weight is 203 g/mol. The molecule has 0 aromatic heterocycles. The maximum atomic E-state index is 9.21. The van der Waals surface area contributed by atoms with Gasteiger partial charge in [0.1, 0.15) is 5.75 Å². The minimum atomic E-state index is 0.0612. The lowest BCUT2D eigenvalue weighted by Gasteiger charge is -2.03. The van der Waals surface area contributed by atoms with Gasteiger partial charge in [-0.25, -0.2) is 0 Å². The molecule has 1 N–H and O–H groups in total. The molecule has 12 heavy (non-hydrogen) atoms. The fourth-order valence-electron chi connectivity index (χ4n) is 1.26. The second-order valence-electron chi connectivity index (χ2n) is 3.10. The Labute approximate surface area is 80.9 Å². The molecule has 0 unspecified atom stereocenters. The van der Waals surface area contributed by atoms with Crippen molar-refractivity contribution in [2.75, 3.05) is 0 Å². The average Bonchev–Trinajstić information content (AvgIpc) is 2.79. The van der Waals surface area contributed by atoms with E-state index in [0.717, 1.165) is 5.56 Å². The van der Waals surface area contributed by atoms with Crippen LogP contribution < -0.4 is 0 Å². The number of benzene rings is 1. The molecule has 0 radical (unpaired) electrons.